The number of hydrogen-bond acceptors (Lipinski definition) is 2. The molecule has 1 heterocycles. The van der Waals surface area contributed by atoms with Crippen LogP contribution >= 0.6 is 12.6 Å². The van der Waals surface area contributed by atoms with E-state index in [0.717, 1.165) is 5.69 Å². The third kappa shape index (κ3) is 5.63. The number of thiol groups is 1. The Hall–Kier alpha value is -0.500. The molecule has 0 aliphatic heterocycles. The monoisotopic (exact) mass is 157 g/mol. The third-order valence-electron chi connectivity index (χ3n) is 0.813. The van der Waals surface area contributed by atoms with Gasteiger partial charge in [-0.2, -0.15) is 12.6 Å². The highest BCUT2D eigenvalue weighted by atomic mass is 32.1. The Balaban J connectivity index is 0. The van der Waals surface area contributed by atoms with E-state index in [0.29, 0.717) is 0 Å². The normalized spacial score (nSPS) is 6.70. The maximum atomic E-state index is 3.98. The zero-order chi connectivity index (χ0) is 7.11. The predicted octanol–water partition coefficient (Wildman–Crippen LogP) is 2.57. The van der Waals surface area contributed by atoms with Crippen LogP contribution in [0.5, 0.6) is 0 Å². The Kier molecular flexibility index (Phi) is 10.4. The molecule has 0 atom stereocenters. The van der Waals surface area contributed by atoms with Gasteiger partial charge in [-0.15, -0.1) is 0 Å². The lowest BCUT2D eigenvalue weighted by atomic mass is 10.4. The van der Waals surface area contributed by atoms with Crippen LogP contribution in [0.2, 0.25) is 0 Å². The van der Waals surface area contributed by atoms with E-state index in [2.05, 4.69) is 17.6 Å². The van der Waals surface area contributed by atoms with Gasteiger partial charge in [0.1, 0.15) is 0 Å². The second kappa shape index (κ2) is 8.50. The van der Waals surface area contributed by atoms with Gasteiger partial charge in [0.05, 0.1) is 0 Å². The Bertz CT molecular complexity index is 139. The van der Waals surface area contributed by atoms with Gasteiger partial charge >= 0.3 is 0 Å². The van der Waals surface area contributed by atoms with Crippen molar-refractivity contribution in [2.24, 2.45) is 0 Å². The molecule has 1 rings (SSSR count). The summed E-state index contributed by atoms with van der Waals surface area (Å²) in [5.41, 5.74) is 1.07. The van der Waals surface area contributed by atoms with E-state index in [1.54, 1.807) is 12.5 Å². The van der Waals surface area contributed by atoms with Gasteiger partial charge in [0.15, 0.2) is 0 Å². The first-order valence-electron chi connectivity index (χ1n) is 2.72. The van der Waals surface area contributed by atoms with Crippen molar-refractivity contribution >= 4 is 12.6 Å². The van der Waals surface area contributed by atoms with Gasteiger partial charge in [0, 0.05) is 11.9 Å². The number of rotatable bonds is 0. The highest BCUT2D eigenvalue weighted by molar-refractivity contribution is 7.79. The second-order valence-electron chi connectivity index (χ2n) is 1.47. The minimum absolute atomic E-state index is 0. The van der Waals surface area contributed by atoms with Gasteiger partial charge < -0.3 is 0 Å². The molecule has 0 saturated carbocycles. The van der Waals surface area contributed by atoms with Crippen LogP contribution in [0.15, 0.2) is 24.4 Å². The number of aryl methyl sites for hydroxylation is 1. The summed E-state index contributed by atoms with van der Waals surface area (Å²) in [4.78, 5) is 3.98. The molecule has 0 radical (unpaired) electrons. The Morgan fingerprint density at radius 2 is 1.90 bits per heavy atom. The molecule has 0 aliphatic rings. The highest BCUT2D eigenvalue weighted by Gasteiger charge is 1.73. The molecule has 0 aromatic carbocycles. The minimum Gasteiger partial charge on any atom is -0.262 e. The molecule has 1 aromatic heterocycles. The number of aromatic nitrogens is 1. The van der Waals surface area contributed by atoms with Crippen LogP contribution in [0.25, 0.3) is 0 Å². The summed E-state index contributed by atoms with van der Waals surface area (Å²) in [6.07, 6.45) is 3.48. The molecule has 1 aromatic rings. The second-order valence-corrected chi connectivity index (χ2v) is 1.47. The third-order valence-corrected chi connectivity index (χ3v) is 0.813. The summed E-state index contributed by atoms with van der Waals surface area (Å²) >= 11 is 3.53. The predicted molar refractivity (Wildman–Crippen MR) is 50.6 cm³/mol. The van der Waals surface area contributed by atoms with Crippen molar-refractivity contribution in [2.75, 3.05) is 6.26 Å². The molecule has 0 fully saturated rings. The molecule has 0 bridgehead atoms. The topological polar surface area (TPSA) is 12.9 Å². The lowest BCUT2D eigenvalue weighted by Crippen LogP contribution is -1.72. The van der Waals surface area contributed by atoms with E-state index in [4.69, 9.17) is 0 Å². The van der Waals surface area contributed by atoms with E-state index >= 15 is 0 Å². The van der Waals surface area contributed by atoms with Crippen molar-refractivity contribution < 1.29 is 0 Å². The molecule has 1 nitrogen and oxygen atoms in total. The van der Waals surface area contributed by atoms with E-state index < -0.39 is 0 Å². The van der Waals surface area contributed by atoms with Crippen LogP contribution in [0.1, 0.15) is 13.1 Å². The Morgan fingerprint density at radius 1 is 1.30 bits per heavy atom. The molecule has 0 N–H and O–H groups in total. The van der Waals surface area contributed by atoms with Gasteiger partial charge in [0.2, 0.25) is 0 Å². The standard InChI is InChI=1S/C6H7N.CH4S.CH4/c1-6-4-2-3-5-7-6;1-2;/h2-5H,1H3;2H,1H3;1H4. The van der Waals surface area contributed by atoms with Crippen molar-refractivity contribution in [1.29, 1.82) is 0 Å². The Morgan fingerprint density at radius 3 is 2.10 bits per heavy atom. The van der Waals surface area contributed by atoms with Crippen LogP contribution in [0.4, 0.5) is 0 Å². The maximum absolute atomic E-state index is 3.98. The van der Waals surface area contributed by atoms with Crippen LogP contribution in [-0.2, 0) is 0 Å². The molecule has 0 unspecified atom stereocenters. The summed E-state index contributed by atoms with van der Waals surface area (Å²) in [6, 6.07) is 5.86. The van der Waals surface area contributed by atoms with E-state index in [9.17, 15) is 0 Å². The smallest absolute Gasteiger partial charge is 0.0372 e. The van der Waals surface area contributed by atoms with Crippen molar-refractivity contribution in [3.8, 4) is 0 Å². The molecular formula is C8H15NS. The highest BCUT2D eigenvalue weighted by Crippen LogP contribution is 1.85. The molecular weight excluding hydrogens is 142 g/mol. The van der Waals surface area contributed by atoms with E-state index in [1.165, 1.54) is 0 Å². The number of pyridine rings is 1. The van der Waals surface area contributed by atoms with Crippen molar-refractivity contribution in [1.82, 2.24) is 4.98 Å². The summed E-state index contributed by atoms with van der Waals surface area (Å²) in [6.45, 7) is 1.97. The number of hydrogen-bond donors (Lipinski definition) is 1. The van der Waals surface area contributed by atoms with Crippen LogP contribution < -0.4 is 0 Å². The number of nitrogens with zero attached hydrogens (tertiary/aromatic N) is 1. The van der Waals surface area contributed by atoms with Crippen molar-refractivity contribution in [2.45, 2.75) is 14.4 Å². The minimum atomic E-state index is 0. The first-order chi connectivity index (χ1) is 4.39. The van der Waals surface area contributed by atoms with Gasteiger partial charge in [-0.05, 0) is 25.3 Å². The molecule has 0 saturated heterocycles. The summed E-state index contributed by atoms with van der Waals surface area (Å²) < 4.78 is 0. The van der Waals surface area contributed by atoms with Crippen LogP contribution in [0.3, 0.4) is 0 Å². The first-order valence-corrected chi connectivity index (χ1v) is 3.61. The fourth-order valence-electron chi connectivity index (χ4n) is 0.448. The summed E-state index contributed by atoms with van der Waals surface area (Å²) in [7, 11) is 0. The van der Waals surface area contributed by atoms with Gasteiger partial charge in [-0.25, -0.2) is 0 Å². The zero-order valence-electron chi connectivity index (χ0n) is 5.70. The molecule has 58 valence electrons. The van der Waals surface area contributed by atoms with Crippen LogP contribution in [0, 0.1) is 6.92 Å². The largest absolute Gasteiger partial charge is 0.262 e. The quantitative estimate of drug-likeness (QED) is 0.571. The van der Waals surface area contributed by atoms with Crippen LogP contribution in [-0.4, -0.2) is 11.2 Å². The first kappa shape index (κ1) is 12.2. The van der Waals surface area contributed by atoms with E-state index in [-0.39, 0.29) is 7.43 Å². The molecule has 0 spiro atoms. The SMILES string of the molecule is C.CS.Cc1ccccn1. The molecule has 0 amide bonds. The van der Waals surface area contributed by atoms with Gasteiger partial charge in [-0.1, -0.05) is 13.5 Å². The fraction of sp³-hybridized carbons (Fsp3) is 0.375. The van der Waals surface area contributed by atoms with Gasteiger partial charge in [0.25, 0.3) is 0 Å². The Labute approximate surface area is 68.9 Å². The molecule has 10 heavy (non-hydrogen) atoms. The van der Waals surface area contributed by atoms with Gasteiger partial charge in [-0.3, -0.25) is 4.98 Å². The average Bonchev–Trinajstić information content (AvgIpc) is 1.94. The lowest BCUT2D eigenvalue weighted by Gasteiger charge is -1.82. The molecule has 0 aliphatic carbocycles. The molecule has 2 heteroatoms. The lowest BCUT2D eigenvalue weighted by molar-refractivity contribution is 1.20. The summed E-state index contributed by atoms with van der Waals surface area (Å²) in [5, 5.41) is 0. The fourth-order valence-corrected chi connectivity index (χ4v) is 0.448. The summed E-state index contributed by atoms with van der Waals surface area (Å²) in [5.74, 6) is 0. The van der Waals surface area contributed by atoms with Crippen molar-refractivity contribution in [3.63, 3.8) is 0 Å². The maximum Gasteiger partial charge on any atom is 0.0372 e. The van der Waals surface area contributed by atoms with Crippen molar-refractivity contribution in [3.05, 3.63) is 30.1 Å². The zero-order valence-corrected chi connectivity index (χ0v) is 6.60. The average molecular weight is 157 g/mol. The van der Waals surface area contributed by atoms with E-state index in [1.807, 2.05) is 25.1 Å².